The molecule has 0 aliphatic carbocycles. The Morgan fingerprint density at radius 1 is 0.583 bits per heavy atom. The van der Waals surface area contributed by atoms with Gasteiger partial charge in [0.25, 0.3) is 0 Å². The molecule has 0 bridgehead atoms. The van der Waals surface area contributed by atoms with E-state index in [2.05, 4.69) is 60.4 Å². The zero-order chi connectivity index (χ0) is 24.8. The lowest BCUT2D eigenvalue weighted by Crippen LogP contribution is -2.28. The monoisotopic (exact) mass is 473 g/mol. The zero-order valence-corrected chi connectivity index (χ0v) is 20.5. The first kappa shape index (κ1) is 23.8. The maximum absolute atomic E-state index is 12.1. The van der Waals surface area contributed by atoms with Gasteiger partial charge in [0.05, 0.1) is 6.54 Å². The third kappa shape index (κ3) is 5.33. The van der Waals surface area contributed by atoms with Gasteiger partial charge in [-0.15, -0.1) is 0 Å². The number of nitrogens with zero attached hydrogens (tertiary/aromatic N) is 1. The van der Waals surface area contributed by atoms with Crippen LogP contribution in [0.1, 0.15) is 39.3 Å². The van der Waals surface area contributed by atoms with Crippen molar-refractivity contribution in [3.8, 4) is 0 Å². The maximum atomic E-state index is 12.1. The molecule has 0 unspecified atom stereocenters. The molecule has 5 aromatic rings. The Hall–Kier alpha value is -3.92. The largest absolute Gasteiger partial charge is 0.461 e. The molecule has 1 heterocycles. The van der Waals surface area contributed by atoms with E-state index < -0.39 is 5.60 Å². The first-order chi connectivity index (χ1) is 17.6. The SMILES string of the molecule is Cc1ccc(CN(Cc2ccccc2)Cc2ccc(C(O)(c3ccccc3)c3ccccc3)o2)cc1. The van der Waals surface area contributed by atoms with Gasteiger partial charge in [0.2, 0.25) is 0 Å². The fraction of sp³-hybridized carbons (Fsp3) is 0.152. The van der Waals surface area contributed by atoms with Gasteiger partial charge in [-0.1, -0.05) is 121 Å². The molecule has 3 nitrogen and oxygen atoms in total. The van der Waals surface area contributed by atoms with Crippen molar-refractivity contribution < 1.29 is 9.52 Å². The third-order valence-corrected chi connectivity index (χ3v) is 6.56. The van der Waals surface area contributed by atoms with Crippen molar-refractivity contribution in [1.29, 1.82) is 0 Å². The molecule has 0 fully saturated rings. The highest BCUT2D eigenvalue weighted by molar-refractivity contribution is 5.43. The van der Waals surface area contributed by atoms with Crippen molar-refractivity contribution in [3.63, 3.8) is 0 Å². The van der Waals surface area contributed by atoms with Gasteiger partial charge >= 0.3 is 0 Å². The van der Waals surface area contributed by atoms with Crippen LogP contribution >= 0.6 is 0 Å². The first-order valence-electron chi connectivity index (χ1n) is 12.4. The molecule has 0 saturated carbocycles. The Bertz CT molecular complexity index is 1320. The number of hydrogen-bond donors (Lipinski definition) is 1. The van der Waals surface area contributed by atoms with Crippen LogP contribution in [-0.2, 0) is 25.2 Å². The minimum atomic E-state index is -1.37. The summed E-state index contributed by atoms with van der Waals surface area (Å²) in [6.07, 6.45) is 0. The summed E-state index contributed by atoms with van der Waals surface area (Å²) in [7, 11) is 0. The van der Waals surface area contributed by atoms with E-state index in [1.165, 1.54) is 16.7 Å². The third-order valence-electron chi connectivity index (χ3n) is 6.56. The Labute approximate surface area is 213 Å². The molecular weight excluding hydrogens is 442 g/mol. The molecule has 1 N–H and O–H groups in total. The molecule has 1 aromatic heterocycles. The van der Waals surface area contributed by atoms with E-state index in [0.717, 1.165) is 30.0 Å². The topological polar surface area (TPSA) is 36.6 Å². The summed E-state index contributed by atoms with van der Waals surface area (Å²) in [6, 6.07) is 42.5. The number of rotatable bonds is 9. The predicted molar refractivity (Wildman–Crippen MR) is 144 cm³/mol. The Kier molecular flexibility index (Phi) is 7.13. The maximum Gasteiger partial charge on any atom is 0.173 e. The summed E-state index contributed by atoms with van der Waals surface area (Å²) in [5, 5.41) is 12.1. The molecule has 0 radical (unpaired) electrons. The minimum Gasteiger partial charge on any atom is -0.461 e. The molecule has 0 aliphatic rings. The van der Waals surface area contributed by atoms with Crippen LogP contribution in [0.4, 0.5) is 0 Å². The smallest absolute Gasteiger partial charge is 0.173 e. The van der Waals surface area contributed by atoms with Crippen LogP contribution in [0, 0.1) is 6.92 Å². The van der Waals surface area contributed by atoms with Gasteiger partial charge < -0.3 is 9.52 Å². The van der Waals surface area contributed by atoms with Crippen LogP contribution in [0.25, 0.3) is 0 Å². The standard InChI is InChI=1S/C33H31NO2/c1-26-17-19-28(20-18-26)24-34(23-27-11-5-2-6-12-27)25-31-21-22-32(36-31)33(35,29-13-7-3-8-14-29)30-15-9-4-10-16-30/h2-22,35H,23-25H2,1H3. The predicted octanol–water partition coefficient (Wildman–Crippen LogP) is 7.07. The molecule has 4 aromatic carbocycles. The molecule has 5 rings (SSSR count). The summed E-state index contributed by atoms with van der Waals surface area (Å²) in [6.45, 7) is 4.33. The Morgan fingerprint density at radius 3 is 1.64 bits per heavy atom. The van der Waals surface area contributed by atoms with Gasteiger partial charge in [0, 0.05) is 13.1 Å². The van der Waals surface area contributed by atoms with Crippen molar-refractivity contribution in [2.75, 3.05) is 0 Å². The normalized spacial score (nSPS) is 11.6. The lowest BCUT2D eigenvalue weighted by molar-refractivity contribution is 0.0950. The number of benzene rings is 4. The number of aryl methyl sites for hydroxylation is 1. The van der Waals surface area contributed by atoms with E-state index in [4.69, 9.17) is 4.42 Å². The lowest BCUT2D eigenvalue weighted by atomic mass is 9.84. The number of furan rings is 1. The van der Waals surface area contributed by atoms with E-state index in [0.29, 0.717) is 12.3 Å². The highest BCUT2D eigenvalue weighted by Gasteiger charge is 2.37. The second-order valence-electron chi connectivity index (χ2n) is 9.32. The molecule has 180 valence electrons. The van der Waals surface area contributed by atoms with Crippen molar-refractivity contribution >= 4 is 0 Å². The van der Waals surface area contributed by atoms with Crippen molar-refractivity contribution in [2.24, 2.45) is 0 Å². The first-order valence-corrected chi connectivity index (χ1v) is 12.4. The fourth-order valence-corrected chi connectivity index (χ4v) is 4.65. The second-order valence-corrected chi connectivity index (χ2v) is 9.32. The van der Waals surface area contributed by atoms with Gasteiger partial charge in [-0.25, -0.2) is 0 Å². The Balaban J connectivity index is 1.45. The summed E-state index contributed by atoms with van der Waals surface area (Å²) < 4.78 is 6.39. The van der Waals surface area contributed by atoms with Crippen LogP contribution in [0.15, 0.2) is 132 Å². The van der Waals surface area contributed by atoms with Gasteiger partial charge in [0.1, 0.15) is 11.5 Å². The average Bonchev–Trinajstić information content (AvgIpc) is 3.40. The highest BCUT2D eigenvalue weighted by Crippen LogP contribution is 2.37. The number of hydrogen-bond acceptors (Lipinski definition) is 3. The van der Waals surface area contributed by atoms with Crippen molar-refractivity contribution in [3.05, 3.63) is 167 Å². The van der Waals surface area contributed by atoms with Crippen LogP contribution in [0.3, 0.4) is 0 Å². The van der Waals surface area contributed by atoms with Crippen molar-refractivity contribution in [1.82, 2.24) is 4.90 Å². The van der Waals surface area contributed by atoms with Gasteiger partial charge in [0.15, 0.2) is 5.60 Å². The molecule has 0 saturated heterocycles. The summed E-state index contributed by atoms with van der Waals surface area (Å²) in [4.78, 5) is 2.37. The van der Waals surface area contributed by atoms with Gasteiger partial charge in [-0.2, -0.15) is 0 Å². The minimum absolute atomic E-state index is 0.518. The van der Waals surface area contributed by atoms with E-state index in [1.807, 2.05) is 78.9 Å². The summed E-state index contributed by atoms with van der Waals surface area (Å²) >= 11 is 0. The number of aliphatic hydroxyl groups is 1. The summed E-state index contributed by atoms with van der Waals surface area (Å²) in [5.41, 5.74) is 3.94. The molecular formula is C33H31NO2. The van der Waals surface area contributed by atoms with E-state index in [1.54, 1.807) is 0 Å². The molecule has 36 heavy (non-hydrogen) atoms. The molecule has 0 atom stereocenters. The molecule has 0 aliphatic heterocycles. The molecule has 3 heteroatoms. The van der Waals surface area contributed by atoms with Gasteiger partial charge in [-0.05, 0) is 41.3 Å². The Morgan fingerprint density at radius 2 is 1.08 bits per heavy atom. The fourth-order valence-electron chi connectivity index (χ4n) is 4.65. The highest BCUT2D eigenvalue weighted by atomic mass is 16.4. The van der Waals surface area contributed by atoms with Crippen molar-refractivity contribution in [2.45, 2.75) is 32.2 Å². The van der Waals surface area contributed by atoms with E-state index in [-0.39, 0.29) is 0 Å². The molecule has 0 amide bonds. The molecule has 0 spiro atoms. The van der Waals surface area contributed by atoms with Crippen LogP contribution in [0.5, 0.6) is 0 Å². The van der Waals surface area contributed by atoms with Crippen LogP contribution in [0.2, 0.25) is 0 Å². The summed E-state index contributed by atoms with van der Waals surface area (Å²) in [5.74, 6) is 1.34. The second kappa shape index (κ2) is 10.8. The van der Waals surface area contributed by atoms with E-state index >= 15 is 0 Å². The van der Waals surface area contributed by atoms with Crippen LogP contribution < -0.4 is 0 Å². The lowest BCUT2D eigenvalue weighted by Gasteiger charge is -2.27. The average molecular weight is 474 g/mol. The quantitative estimate of drug-likeness (QED) is 0.249. The zero-order valence-electron chi connectivity index (χ0n) is 20.5. The van der Waals surface area contributed by atoms with Crippen LogP contribution in [-0.4, -0.2) is 10.0 Å². The van der Waals surface area contributed by atoms with Gasteiger partial charge in [-0.3, -0.25) is 4.90 Å². The van der Waals surface area contributed by atoms with E-state index in [9.17, 15) is 5.11 Å².